The lowest BCUT2D eigenvalue weighted by molar-refractivity contribution is 0.0536. The minimum Gasteiger partial charge on any atom is -0.468 e. The van der Waals surface area contributed by atoms with E-state index < -0.39 is 6.04 Å². The zero-order valence-corrected chi connectivity index (χ0v) is 21.4. The third-order valence-corrected chi connectivity index (χ3v) is 6.78. The number of nitrogens with zero attached hydrogens (tertiary/aromatic N) is 5. The van der Waals surface area contributed by atoms with Crippen molar-refractivity contribution in [3.05, 3.63) is 75.7 Å². The van der Waals surface area contributed by atoms with E-state index in [0.717, 1.165) is 42.5 Å². The van der Waals surface area contributed by atoms with E-state index in [9.17, 15) is 4.79 Å². The number of aromatic amines is 1. The molecule has 0 aliphatic carbocycles. The highest BCUT2D eigenvalue weighted by Crippen LogP contribution is 2.32. The summed E-state index contributed by atoms with van der Waals surface area (Å²) < 4.78 is 13.6. The summed E-state index contributed by atoms with van der Waals surface area (Å²) in [5, 5.41) is 13.8. The Balaban J connectivity index is 1.69. The zero-order valence-electron chi connectivity index (χ0n) is 21.4. The first-order chi connectivity index (χ1) is 17.3. The molecule has 0 amide bonds. The number of H-pyrrole nitrogens is 1. The highest BCUT2D eigenvalue weighted by molar-refractivity contribution is 5.80. The Kier molecular flexibility index (Phi) is 6.77. The van der Waals surface area contributed by atoms with Gasteiger partial charge < -0.3 is 14.1 Å². The largest absolute Gasteiger partial charge is 0.468 e. The molecule has 36 heavy (non-hydrogen) atoms. The Bertz CT molecular complexity index is 1360. The van der Waals surface area contributed by atoms with Gasteiger partial charge in [-0.05, 0) is 91.7 Å². The maximum Gasteiger partial charge on any atom is 0.253 e. The molecule has 9 nitrogen and oxygen atoms in total. The van der Waals surface area contributed by atoms with Crippen LogP contribution in [0.1, 0.15) is 69.3 Å². The molecule has 1 aromatic carbocycles. The fourth-order valence-corrected chi connectivity index (χ4v) is 4.95. The SMILES string of the molecule is CCc1ccc2[nH]c(=O)c([C@H](c3nnnn3C(C)(C)C)N(Cc3ccco3)C[C@@H]3CCCO3)cc2c1. The number of fused-ring (bicyclic) bond motifs is 1. The molecule has 2 atom stereocenters. The Morgan fingerprint density at radius 3 is 2.81 bits per heavy atom. The third-order valence-electron chi connectivity index (χ3n) is 6.78. The van der Waals surface area contributed by atoms with Crippen molar-refractivity contribution in [2.45, 2.75) is 71.2 Å². The number of hydrogen-bond acceptors (Lipinski definition) is 7. The van der Waals surface area contributed by atoms with Crippen molar-refractivity contribution in [2.24, 2.45) is 0 Å². The van der Waals surface area contributed by atoms with E-state index >= 15 is 0 Å². The molecule has 1 aliphatic rings. The molecule has 0 saturated carbocycles. The molecule has 3 aromatic heterocycles. The molecule has 4 aromatic rings. The lowest BCUT2D eigenvalue weighted by Gasteiger charge is -2.33. The monoisotopic (exact) mass is 490 g/mol. The summed E-state index contributed by atoms with van der Waals surface area (Å²) in [5.41, 5.74) is 2.09. The average molecular weight is 491 g/mol. The molecule has 1 fully saturated rings. The molecule has 0 spiro atoms. The maximum absolute atomic E-state index is 13.6. The third kappa shape index (κ3) is 4.99. The van der Waals surface area contributed by atoms with Crippen LogP contribution < -0.4 is 5.56 Å². The number of ether oxygens (including phenoxy) is 1. The summed E-state index contributed by atoms with van der Waals surface area (Å²) in [7, 11) is 0. The molecule has 1 N–H and O–H groups in total. The summed E-state index contributed by atoms with van der Waals surface area (Å²) in [5.74, 6) is 1.42. The zero-order chi connectivity index (χ0) is 25.3. The quantitative estimate of drug-likeness (QED) is 0.395. The average Bonchev–Trinajstić information content (AvgIpc) is 3.62. The molecule has 1 aliphatic heterocycles. The topological polar surface area (TPSA) is 102 Å². The van der Waals surface area contributed by atoms with E-state index in [2.05, 4.69) is 65.2 Å². The second-order valence-electron chi connectivity index (χ2n) is 10.5. The van der Waals surface area contributed by atoms with Crippen LogP contribution in [0.2, 0.25) is 0 Å². The Hall–Kier alpha value is -3.30. The van der Waals surface area contributed by atoms with Crippen molar-refractivity contribution in [1.29, 1.82) is 0 Å². The first kappa shape index (κ1) is 24.4. The minimum absolute atomic E-state index is 0.0626. The molecular formula is C27H34N6O3. The van der Waals surface area contributed by atoms with Gasteiger partial charge >= 0.3 is 0 Å². The van der Waals surface area contributed by atoms with E-state index in [0.29, 0.717) is 24.5 Å². The fourth-order valence-electron chi connectivity index (χ4n) is 4.95. The van der Waals surface area contributed by atoms with E-state index in [1.807, 2.05) is 28.9 Å². The van der Waals surface area contributed by atoms with Gasteiger partial charge in [0.05, 0.1) is 24.5 Å². The lowest BCUT2D eigenvalue weighted by Crippen LogP contribution is -2.40. The molecule has 190 valence electrons. The molecule has 0 radical (unpaired) electrons. The van der Waals surface area contributed by atoms with E-state index in [1.54, 1.807) is 6.26 Å². The molecular weight excluding hydrogens is 456 g/mol. The second-order valence-corrected chi connectivity index (χ2v) is 10.5. The van der Waals surface area contributed by atoms with Crippen molar-refractivity contribution >= 4 is 10.9 Å². The van der Waals surface area contributed by atoms with Crippen LogP contribution in [0.5, 0.6) is 0 Å². The van der Waals surface area contributed by atoms with Gasteiger partial charge in [0.15, 0.2) is 5.82 Å². The summed E-state index contributed by atoms with van der Waals surface area (Å²) in [6, 6.07) is 11.5. The summed E-state index contributed by atoms with van der Waals surface area (Å²) in [6.07, 6.45) is 4.65. The van der Waals surface area contributed by atoms with Gasteiger partial charge in [-0.15, -0.1) is 5.10 Å². The predicted octanol–water partition coefficient (Wildman–Crippen LogP) is 4.20. The first-order valence-corrected chi connectivity index (χ1v) is 12.7. The van der Waals surface area contributed by atoms with Crippen molar-refractivity contribution in [2.75, 3.05) is 13.2 Å². The van der Waals surface area contributed by atoms with Crippen LogP contribution in [0, 0.1) is 0 Å². The van der Waals surface area contributed by atoms with Crippen LogP contribution in [0.4, 0.5) is 0 Å². The number of aromatic nitrogens is 5. The van der Waals surface area contributed by atoms with Crippen LogP contribution in [-0.2, 0) is 23.2 Å². The normalized spacial score (nSPS) is 17.3. The van der Waals surface area contributed by atoms with E-state index in [4.69, 9.17) is 9.15 Å². The lowest BCUT2D eigenvalue weighted by atomic mass is 10.00. The highest BCUT2D eigenvalue weighted by Gasteiger charge is 2.35. The Labute approximate surface area is 210 Å². The molecule has 9 heteroatoms. The Morgan fingerprint density at radius 1 is 1.25 bits per heavy atom. The maximum atomic E-state index is 13.6. The van der Waals surface area contributed by atoms with Crippen molar-refractivity contribution < 1.29 is 9.15 Å². The number of benzene rings is 1. The van der Waals surface area contributed by atoms with Gasteiger partial charge in [0.1, 0.15) is 11.8 Å². The summed E-state index contributed by atoms with van der Waals surface area (Å²) in [6.45, 7) is 10.1. The number of nitrogens with one attached hydrogen (secondary N) is 1. The number of furan rings is 1. The second kappa shape index (κ2) is 9.99. The van der Waals surface area contributed by atoms with Gasteiger partial charge in [0.2, 0.25) is 0 Å². The highest BCUT2D eigenvalue weighted by atomic mass is 16.5. The number of aryl methyl sites for hydroxylation is 1. The number of hydrogen-bond donors (Lipinski definition) is 1. The van der Waals surface area contributed by atoms with Gasteiger partial charge in [-0.2, -0.15) is 0 Å². The van der Waals surface area contributed by atoms with Gasteiger partial charge in [-0.1, -0.05) is 13.0 Å². The van der Waals surface area contributed by atoms with Crippen LogP contribution >= 0.6 is 0 Å². The Morgan fingerprint density at radius 2 is 2.11 bits per heavy atom. The van der Waals surface area contributed by atoms with Crippen LogP contribution in [-0.4, -0.2) is 49.3 Å². The molecule has 4 heterocycles. The van der Waals surface area contributed by atoms with Crippen molar-refractivity contribution in [3.63, 3.8) is 0 Å². The molecule has 1 saturated heterocycles. The van der Waals surface area contributed by atoms with Crippen LogP contribution in [0.15, 0.2) is 51.9 Å². The summed E-state index contributed by atoms with van der Waals surface area (Å²) >= 11 is 0. The van der Waals surface area contributed by atoms with Crippen LogP contribution in [0.3, 0.4) is 0 Å². The fraction of sp³-hybridized carbons (Fsp3) is 0.481. The van der Waals surface area contributed by atoms with Gasteiger partial charge in [0.25, 0.3) is 5.56 Å². The number of pyridine rings is 1. The smallest absolute Gasteiger partial charge is 0.253 e. The number of tetrazole rings is 1. The van der Waals surface area contributed by atoms with Gasteiger partial charge in [-0.3, -0.25) is 9.69 Å². The van der Waals surface area contributed by atoms with Gasteiger partial charge in [0, 0.05) is 24.2 Å². The molecule has 0 bridgehead atoms. The first-order valence-electron chi connectivity index (χ1n) is 12.7. The molecule has 0 unspecified atom stereocenters. The number of rotatable bonds is 8. The van der Waals surface area contributed by atoms with Crippen molar-refractivity contribution in [1.82, 2.24) is 30.1 Å². The minimum atomic E-state index is -0.507. The van der Waals surface area contributed by atoms with E-state index in [1.165, 1.54) is 5.56 Å². The van der Waals surface area contributed by atoms with Crippen LogP contribution in [0.25, 0.3) is 10.9 Å². The van der Waals surface area contributed by atoms with E-state index in [-0.39, 0.29) is 17.2 Å². The van der Waals surface area contributed by atoms with Crippen molar-refractivity contribution in [3.8, 4) is 0 Å². The van der Waals surface area contributed by atoms with Gasteiger partial charge in [-0.25, -0.2) is 4.68 Å². The predicted molar refractivity (Wildman–Crippen MR) is 137 cm³/mol. The molecule has 5 rings (SSSR count). The standard InChI is InChI=1S/C27H34N6O3/c1-5-18-10-11-23-19(14-18)15-22(26(34)28-23)24(25-29-30-31-33(25)27(2,3)4)32(16-20-8-6-12-35-20)17-21-9-7-13-36-21/h6,8,10-12,14-15,21,24H,5,7,9,13,16-17H2,1-4H3,(H,28,34)/t21-,24+/m0/s1. The summed E-state index contributed by atoms with van der Waals surface area (Å²) in [4.78, 5) is 18.9.